The molecule has 27 heavy (non-hydrogen) atoms. The van der Waals surface area contributed by atoms with E-state index >= 15 is 0 Å². The van der Waals surface area contributed by atoms with Gasteiger partial charge in [0.15, 0.2) is 11.5 Å². The number of benzene rings is 2. The van der Waals surface area contributed by atoms with Gasteiger partial charge in [-0.2, -0.15) is 0 Å². The fraction of sp³-hybridized carbons (Fsp3) is 0.158. The number of tetrazole rings is 1. The molecule has 3 aromatic rings. The summed E-state index contributed by atoms with van der Waals surface area (Å²) in [5.74, 6) is 1.19. The molecule has 136 valence electrons. The number of aromatic nitrogens is 4. The Bertz CT molecular complexity index is 969. The summed E-state index contributed by atoms with van der Waals surface area (Å²) in [6, 6.07) is 12.9. The average molecular weight is 363 g/mol. The number of hydrogen-bond acceptors (Lipinski definition) is 6. The smallest absolute Gasteiger partial charge is 0.248 e. The van der Waals surface area contributed by atoms with Gasteiger partial charge in [0.1, 0.15) is 6.33 Å². The molecular formula is C19H17N5O3. The van der Waals surface area contributed by atoms with Gasteiger partial charge in [0.2, 0.25) is 5.91 Å². The third-order valence-electron chi connectivity index (χ3n) is 3.93. The Morgan fingerprint density at radius 1 is 1.11 bits per heavy atom. The molecule has 1 N–H and O–H groups in total. The van der Waals surface area contributed by atoms with Crippen LogP contribution in [0.25, 0.3) is 11.8 Å². The van der Waals surface area contributed by atoms with Crippen LogP contribution < -0.4 is 14.8 Å². The Hall–Kier alpha value is -3.68. The van der Waals surface area contributed by atoms with Crippen LogP contribution in [-0.2, 0) is 4.79 Å². The zero-order valence-corrected chi connectivity index (χ0v) is 14.4. The standard InChI is InChI=1S/C19H17N5O3/c25-19(21-15-3-1-4-16(12-15)24-13-20-22-23-24)8-6-14-5-7-17-18(11-14)27-10-2-9-26-17/h1,3-8,11-13H,2,9-10H2,(H,21,25)/b8-6+. The van der Waals surface area contributed by atoms with Gasteiger partial charge >= 0.3 is 0 Å². The molecule has 0 atom stereocenters. The van der Waals surface area contributed by atoms with Crippen molar-refractivity contribution in [2.75, 3.05) is 18.5 Å². The van der Waals surface area contributed by atoms with Gasteiger partial charge in [0, 0.05) is 18.2 Å². The van der Waals surface area contributed by atoms with Gasteiger partial charge in [-0.05, 0) is 52.4 Å². The van der Waals surface area contributed by atoms with E-state index in [1.807, 2.05) is 30.3 Å². The van der Waals surface area contributed by atoms with Crippen LogP contribution in [0.4, 0.5) is 5.69 Å². The minimum atomic E-state index is -0.240. The second-order valence-corrected chi connectivity index (χ2v) is 5.88. The third-order valence-corrected chi connectivity index (χ3v) is 3.93. The zero-order chi connectivity index (χ0) is 18.5. The fourth-order valence-corrected chi connectivity index (χ4v) is 2.65. The van der Waals surface area contributed by atoms with E-state index in [1.54, 1.807) is 18.2 Å². The van der Waals surface area contributed by atoms with Gasteiger partial charge in [-0.25, -0.2) is 4.68 Å². The molecule has 1 aromatic heterocycles. The van der Waals surface area contributed by atoms with Crippen LogP contribution in [0.3, 0.4) is 0 Å². The number of carbonyl (C=O) groups excluding carboxylic acids is 1. The van der Waals surface area contributed by atoms with Crippen molar-refractivity contribution in [2.24, 2.45) is 0 Å². The lowest BCUT2D eigenvalue weighted by Gasteiger charge is -2.07. The first-order valence-corrected chi connectivity index (χ1v) is 8.50. The Morgan fingerprint density at radius 2 is 2.00 bits per heavy atom. The summed E-state index contributed by atoms with van der Waals surface area (Å²) < 4.78 is 12.8. The summed E-state index contributed by atoms with van der Waals surface area (Å²) in [5, 5.41) is 13.9. The van der Waals surface area contributed by atoms with Crippen molar-refractivity contribution in [3.05, 3.63) is 60.4 Å². The number of nitrogens with one attached hydrogen (secondary N) is 1. The molecule has 1 aliphatic heterocycles. The molecule has 0 aliphatic carbocycles. The van der Waals surface area contributed by atoms with Crippen LogP contribution in [0.2, 0.25) is 0 Å². The predicted octanol–water partition coefficient (Wildman–Crippen LogP) is 2.48. The molecule has 4 rings (SSSR count). The molecule has 0 saturated heterocycles. The van der Waals surface area contributed by atoms with Crippen LogP contribution in [0.1, 0.15) is 12.0 Å². The number of ether oxygens (including phenoxy) is 2. The van der Waals surface area contributed by atoms with Crippen molar-refractivity contribution in [3.63, 3.8) is 0 Å². The number of fused-ring (bicyclic) bond motifs is 1. The lowest BCUT2D eigenvalue weighted by molar-refractivity contribution is -0.111. The average Bonchev–Trinajstić information content (AvgIpc) is 3.12. The largest absolute Gasteiger partial charge is 0.490 e. The predicted molar refractivity (Wildman–Crippen MR) is 98.9 cm³/mol. The number of amides is 1. The summed E-state index contributed by atoms with van der Waals surface area (Å²) in [6.07, 6.45) is 5.55. The molecule has 0 saturated carbocycles. The second-order valence-electron chi connectivity index (χ2n) is 5.88. The number of nitrogens with zero attached hydrogens (tertiary/aromatic N) is 4. The van der Waals surface area contributed by atoms with Gasteiger partial charge in [-0.3, -0.25) is 4.79 Å². The minimum Gasteiger partial charge on any atom is -0.490 e. The number of carbonyl (C=O) groups is 1. The topological polar surface area (TPSA) is 91.2 Å². The maximum Gasteiger partial charge on any atom is 0.248 e. The van der Waals surface area contributed by atoms with Crippen LogP contribution in [0, 0.1) is 0 Å². The van der Waals surface area contributed by atoms with E-state index in [4.69, 9.17) is 9.47 Å². The monoisotopic (exact) mass is 363 g/mol. The highest BCUT2D eigenvalue weighted by Crippen LogP contribution is 2.30. The van der Waals surface area contributed by atoms with Crippen molar-refractivity contribution >= 4 is 17.7 Å². The zero-order valence-electron chi connectivity index (χ0n) is 14.4. The minimum absolute atomic E-state index is 0.240. The Kier molecular flexibility index (Phi) is 4.78. The molecule has 0 bridgehead atoms. The van der Waals surface area contributed by atoms with Gasteiger partial charge in [-0.1, -0.05) is 12.1 Å². The van der Waals surface area contributed by atoms with E-state index in [0.717, 1.165) is 23.4 Å². The molecule has 2 aromatic carbocycles. The molecule has 1 amide bonds. The first-order valence-electron chi connectivity index (χ1n) is 8.50. The molecule has 2 heterocycles. The number of hydrogen-bond donors (Lipinski definition) is 1. The number of anilines is 1. The Balaban J connectivity index is 1.44. The highest BCUT2D eigenvalue weighted by atomic mass is 16.5. The lowest BCUT2D eigenvalue weighted by atomic mass is 10.2. The summed E-state index contributed by atoms with van der Waals surface area (Å²) >= 11 is 0. The Labute approximate surface area is 155 Å². The van der Waals surface area contributed by atoms with E-state index < -0.39 is 0 Å². The van der Waals surface area contributed by atoms with E-state index in [0.29, 0.717) is 24.7 Å². The fourth-order valence-electron chi connectivity index (χ4n) is 2.65. The molecule has 0 spiro atoms. The van der Waals surface area contributed by atoms with E-state index in [1.165, 1.54) is 17.1 Å². The summed E-state index contributed by atoms with van der Waals surface area (Å²) in [4.78, 5) is 12.2. The molecule has 0 fully saturated rings. The van der Waals surface area contributed by atoms with Crippen LogP contribution in [-0.4, -0.2) is 39.3 Å². The van der Waals surface area contributed by atoms with Crippen molar-refractivity contribution < 1.29 is 14.3 Å². The Morgan fingerprint density at radius 3 is 2.85 bits per heavy atom. The summed E-state index contributed by atoms with van der Waals surface area (Å²) in [6.45, 7) is 1.27. The van der Waals surface area contributed by atoms with Crippen molar-refractivity contribution in [1.82, 2.24) is 20.2 Å². The van der Waals surface area contributed by atoms with E-state index in [9.17, 15) is 4.79 Å². The van der Waals surface area contributed by atoms with Gasteiger partial charge in [0.05, 0.1) is 18.9 Å². The lowest BCUT2D eigenvalue weighted by Crippen LogP contribution is -2.08. The molecule has 1 aliphatic rings. The van der Waals surface area contributed by atoms with Crippen LogP contribution in [0.5, 0.6) is 11.5 Å². The van der Waals surface area contributed by atoms with Gasteiger partial charge in [0.25, 0.3) is 0 Å². The second kappa shape index (κ2) is 7.69. The first kappa shape index (κ1) is 16.8. The van der Waals surface area contributed by atoms with E-state index in [-0.39, 0.29) is 5.91 Å². The first-order chi connectivity index (χ1) is 13.3. The third kappa shape index (κ3) is 4.12. The molecular weight excluding hydrogens is 346 g/mol. The van der Waals surface area contributed by atoms with Gasteiger partial charge in [-0.15, -0.1) is 5.10 Å². The normalized spacial score (nSPS) is 13.3. The van der Waals surface area contributed by atoms with Crippen LogP contribution >= 0.6 is 0 Å². The summed E-state index contributed by atoms with van der Waals surface area (Å²) in [5.41, 5.74) is 2.26. The molecule has 8 heteroatoms. The van der Waals surface area contributed by atoms with E-state index in [2.05, 4.69) is 20.8 Å². The van der Waals surface area contributed by atoms with Crippen molar-refractivity contribution in [1.29, 1.82) is 0 Å². The van der Waals surface area contributed by atoms with Crippen molar-refractivity contribution in [3.8, 4) is 17.2 Å². The summed E-state index contributed by atoms with van der Waals surface area (Å²) in [7, 11) is 0. The maximum atomic E-state index is 12.2. The molecule has 0 radical (unpaired) electrons. The number of rotatable bonds is 4. The quantitative estimate of drug-likeness (QED) is 0.716. The highest BCUT2D eigenvalue weighted by Gasteiger charge is 2.10. The van der Waals surface area contributed by atoms with Gasteiger partial charge < -0.3 is 14.8 Å². The van der Waals surface area contributed by atoms with Crippen molar-refractivity contribution in [2.45, 2.75) is 6.42 Å². The highest BCUT2D eigenvalue weighted by molar-refractivity contribution is 6.02. The maximum absolute atomic E-state index is 12.2. The van der Waals surface area contributed by atoms with Crippen LogP contribution in [0.15, 0.2) is 54.9 Å². The SMILES string of the molecule is O=C(/C=C/c1ccc2c(c1)OCCCO2)Nc1cccc(-n2cnnn2)c1. The molecule has 8 nitrogen and oxygen atoms in total. The molecule has 0 unspecified atom stereocenters.